The second kappa shape index (κ2) is 53.3. The van der Waals surface area contributed by atoms with Crippen molar-refractivity contribution in [1.82, 2.24) is 63.8 Å². The molecular weight excluding hydrogens is 1390 g/mol. The van der Waals surface area contributed by atoms with Gasteiger partial charge in [-0.3, -0.25) is 28.8 Å². The molecule has 0 bridgehead atoms. The molecule has 33 heteroatoms. The molecule has 6 fully saturated rings. The van der Waals surface area contributed by atoms with Crippen LogP contribution in [0.15, 0.2) is 18.2 Å². The van der Waals surface area contributed by atoms with E-state index in [-0.39, 0.29) is 94.7 Å². The number of thioether (sulfide) groups is 3. The molecule has 0 radical (unpaired) electrons. The molecule has 12 N–H and O–H groups in total. The van der Waals surface area contributed by atoms with Gasteiger partial charge in [0, 0.05) is 148 Å². The topological polar surface area (TPSA) is 381 Å². The van der Waals surface area contributed by atoms with Crippen molar-refractivity contribution in [1.29, 1.82) is 0 Å². The van der Waals surface area contributed by atoms with Gasteiger partial charge in [0.25, 0.3) is 17.7 Å². The summed E-state index contributed by atoms with van der Waals surface area (Å²) in [6.07, 6.45) is 13.4. The lowest BCUT2D eigenvalue weighted by atomic mass is 10.0. The van der Waals surface area contributed by atoms with Crippen molar-refractivity contribution in [2.75, 3.05) is 175 Å². The predicted molar refractivity (Wildman–Crippen MR) is 396 cm³/mol. The van der Waals surface area contributed by atoms with Gasteiger partial charge in [-0.1, -0.05) is 19.3 Å². The van der Waals surface area contributed by atoms with Crippen LogP contribution in [0, 0.1) is 0 Å². The SMILES string of the molecule is CCNC(=O)c1cc(C(=O)NCCCOCCOCCOCCCNC(=O)CCCCC2SCC3NC(=O)NC32)cc(C(=O)NCCCOCCOCCOCCCNC(=O)CCCCC2SCC3NC(=O)NC32)c1.CCOCCOCCOCCCNC(=O)CCCCC1SCC2NC(=O)NC21. The number of ether oxygens (including phenoxy) is 9. The van der Waals surface area contributed by atoms with Gasteiger partial charge in [-0.2, -0.15) is 35.3 Å². The van der Waals surface area contributed by atoms with Gasteiger partial charge < -0.3 is 106 Å². The van der Waals surface area contributed by atoms with E-state index in [1.165, 1.54) is 18.2 Å². The van der Waals surface area contributed by atoms with Crippen molar-refractivity contribution in [3.63, 3.8) is 0 Å². The fraction of sp³-hybridized carbons (Fsp3) is 0.786. The first-order valence-electron chi connectivity index (χ1n) is 37.4. The molecule has 7 rings (SSSR count). The predicted octanol–water partition coefficient (Wildman–Crippen LogP) is 3.53. The minimum absolute atomic E-state index is 0.0437. The Kier molecular flexibility index (Phi) is 44.8. The summed E-state index contributed by atoms with van der Waals surface area (Å²) >= 11 is 5.70. The number of benzene rings is 1. The van der Waals surface area contributed by atoms with Gasteiger partial charge >= 0.3 is 18.1 Å². The number of hydrogen-bond donors (Lipinski definition) is 12. The van der Waals surface area contributed by atoms with E-state index in [4.69, 9.17) is 42.6 Å². The Morgan fingerprint density at radius 3 is 0.883 bits per heavy atom. The van der Waals surface area contributed by atoms with E-state index in [0.29, 0.717) is 219 Å². The summed E-state index contributed by atoms with van der Waals surface area (Å²) in [6, 6.07) is 5.59. The Labute approximate surface area is 620 Å². The smallest absolute Gasteiger partial charge is 0.315 e. The minimum Gasteiger partial charge on any atom is -0.379 e. The molecule has 30 nitrogen and oxygen atoms in total. The quantitative estimate of drug-likeness (QED) is 0.0328. The first-order valence-corrected chi connectivity index (χ1v) is 40.5. The number of nitrogens with one attached hydrogen (secondary N) is 12. The average molecular weight is 1510 g/mol. The minimum atomic E-state index is -0.414. The van der Waals surface area contributed by atoms with Crippen molar-refractivity contribution in [3.8, 4) is 0 Å². The van der Waals surface area contributed by atoms with Gasteiger partial charge in [-0.25, -0.2) is 14.4 Å². The molecular formula is C70H118N12O18S3. The number of rotatable bonds is 58. The first kappa shape index (κ1) is 86.5. The molecule has 6 heterocycles. The van der Waals surface area contributed by atoms with Gasteiger partial charge in [-0.05, 0) is 103 Å². The Morgan fingerprint density at radius 2 is 0.602 bits per heavy atom. The van der Waals surface area contributed by atoms with Crippen LogP contribution in [0.1, 0.15) is 154 Å². The summed E-state index contributed by atoms with van der Waals surface area (Å²) in [5.41, 5.74) is 0.590. The van der Waals surface area contributed by atoms with Crippen molar-refractivity contribution in [2.45, 2.75) is 175 Å². The Hall–Kier alpha value is -5.46. The van der Waals surface area contributed by atoms with Gasteiger partial charge in [0.15, 0.2) is 0 Å². The Morgan fingerprint density at radius 1 is 0.340 bits per heavy atom. The van der Waals surface area contributed by atoms with Crippen molar-refractivity contribution < 1.29 is 85.8 Å². The molecule has 0 aromatic heterocycles. The summed E-state index contributed by atoms with van der Waals surface area (Å²) < 4.78 is 49.6. The molecule has 0 saturated carbocycles. The van der Waals surface area contributed by atoms with Crippen molar-refractivity contribution in [3.05, 3.63) is 34.9 Å². The highest BCUT2D eigenvalue weighted by Gasteiger charge is 2.44. The lowest BCUT2D eigenvalue weighted by Gasteiger charge is -2.16. The normalized spacial score (nSPS) is 21.1. The number of urea groups is 3. The van der Waals surface area contributed by atoms with Crippen LogP contribution in [-0.4, -0.2) is 281 Å². The van der Waals surface area contributed by atoms with E-state index in [2.05, 4.69) is 63.8 Å². The van der Waals surface area contributed by atoms with E-state index in [1.807, 2.05) is 42.2 Å². The monoisotopic (exact) mass is 1510 g/mol. The van der Waals surface area contributed by atoms with Crippen LogP contribution in [0.5, 0.6) is 0 Å². The highest BCUT2D eigenvalue weighted by atomic mass is 32.2. The van der Waals surface area contributed by atoms with Gasteiger partial charge in [0.05, 0.1) is 116 Å². The zero-order valence-corrected chi connectivity index (χ0v) is 63.1. The molecule has 0 aliphatic carbocycles. The number of hydrogen-bond acceptors (Lipinski definition) is 21. The van der Waals surface area contributed by atoms with Crippen LogP contribution in [0.2, 0.25) is 0 Å². The molecule has 9 unspecified atom stereocenters. The number of carbonyl (C=O) groups excluding carboxylic acids is 9. The maximum absolute atomic E-state index is 13.1. The molecule has 6 aliphatic heterocycles. The molecule has 584 valence electrons. The fourth-order valence-electron chi connectivity index (χ4n) is 12.2. The molecule has 1 aromatic carbocycles. The van der Waals surface area contributed by atoms with E-state index in [1.54, 1.807) is 6.92 Å². The number of carbonyl (C=O) groups is 9. The number of fused-ring (bicyclic) bond motifs is 3. The first-order chi connectivity index (χ1) is 50.3. The summed E-state index contributed by atoms with van der Waals surface area (Å²) in [6.45, 7) is 15.4. The molecule has 6 saturated heterocycles. The Bertz CT molecular complexity index is 2550. The highest BCUT2D eigenvalue weighted by molar-refractivity contribution is 8.00. The third kappa shape index (κ3) is 36.1. The molecule has 6 aliphatic rings. The van der Waals surface area contributed by atoms with Crippen LogP contribution in [0.4, 0.5) is 14.4 Å². The second-order valence-electron chi connectivity index (χ2n) is 25.7. The van der Waals surface area contributed by atoms with E-state index in [0.717, 1.165) is 81.5 Å². The average Bonchev–Trinajstić information content (AvgIpc) is 1.72. The maximum atomic E-state index is 13.1. The zero-order valence-electron chi connectivity index (χ0n) is 60.6. The van der Waals surface area contributed by atoms with Crippen molar-refractivity contribution >= 4 is 88.8 Å². The van der Waals surface area contributed by atoms with Crippen molar-refractivity contribution in [2.24, 2.45) is 0 Å². The number of unbranched alkanes of at least 4 members (excludes halogenated alkanes) is 3. The second-order valence-corrected chi connectivity index (χ2v) is 29.5. The molecule has 9 atom stereocenters. The van der Waals surface area contributed by atoms with Crippen LogP contribution >= 0.6 is 35.3 Å². The third-order valence-electron chi connectivity index (χ3n) is 17.6. The highest BCUT2D eigenvalue weighted by Crippen LogP contribution is 2.35. The maximum Gasteiger partial charge on any atom is 0.315 e. The van der Waals surface area contributed by atoms with Crippen LogP contribution in [0.3, 0.4) is 0 Å². The molecule has 12 amide bonds. The molecule has 1 aromatic rings. The van der Waals surface area contributed by atoms with Crippen LogP contribution in [-0.2, 0) is 57.0 Å². The van der Waals surface area contributed by atoms with Gasteiger partial charge in [0.1, 0.15) is 0 Å². The largest absolute Gasteiger partial charge is 0.379 e. The number of amides is 12. The zero-order chi connectivity index (χ0) is 73.3. The van der Waals surface area contributed by atoms with Gasteiger partial charge in [0.2, 0.25) is 17.7 Å². The lowest BCUT2D eigenvalue weighted by Crippen LogP contribution is -2.36. The summed E-state index contributed by atoms with van der Waals surface area (Å²) in [5.74, 6) is 1.85. The Balaban J connectivity index is 0.000000495. The third-order valence-corrected chi connectivity index (χ3v) is 22.1. The fourth-order valence-corrected chi connectivity index (χ4v) is 16.8. The van der Waals surface area contributed by atoms with Crippen LogP contribution in [0.25, 0.3) is 0 Å². The summed E-state index contributed by atoms with van der Waals surface area (Å²) in [4.78, 5) is 110. The van der Waals surface area contributed by atoms with Gasteiger partial charge in [-0.15, -0.1) is 0 Å². The van der Waals surface area contributed by atoms with E-state index >= 15 is 0 Å². The standard InChI is InChI=1S/C51H83N9O13S2.C19H35N3O5S/c1-2-52-47(63)36-31-37(48(64)55-17-9-21-70-25-29-72-27-23-68-19-7-15-53-43(61)13-5-3-11-41-45-39(34-74-41)57-50(66)59-45)33-38(32-36)49(65)56-18-10-22-71-26-30-73-28-24-69-20-8-16-54-44(62)14-6-4-12-42-46-40(35-75-42)58-51(67)60-46;1-2-25-10-11-27-13-12-26-9-5-8-20-17(23)7-4-3-6-16-18-15(14-28-16)21-19(24)22-18/h31-33,39-42,45-46H,2-30,34-35H2,1H3,(H,52,63)(H,53,61)(H,54,62)(H,55,64)(H,56,65)(H2,57,59,66)(H2,58,60,67);15-16,18H,2-14H2,1H3,(H,20,23)(H2,21,22,24). The lowest BCUT2D eigenvalue weighted by molar-refractivity contribution is -0.122. The summed E-state index contributed by atoms with van der Waals surface area (Å²) in [5, 5.41) is 36.4. The molecule has 103 heavy (non-hydrogen) atoms. The molecule has 0 spiro atoms. The van der Waals surface area contributed by atoms with Crippen LogP contribution < -0.4 is 63.8 Å². The summed E-state index contributed by atoms with van der Waals surface area (Å²) in [7, 11) is 0. The van der Waals surface area contributed by atoms with E-state index in [9.17, 15) is 43.2 Å². The van der Waals surface area contributed by atoms with E-state index < -0.39 is 11.8 Å².